The second kappa shape index (κ2) is 4.35. The minimum atomic E-state index is -0.199. The van der Waals surface area contributed by atoms with Gasteiger partial charge in [-0.1, -0.05) is 0 Å². The zero-order chi connectivity index (χ0) is 10.7. The van der Waals surface area contributed by atoms with Crippen molar-refractivity contribution in [3.8, 4) is 0 Å². The Bertz CT molecular complexity index is 331. The molecule has 0 unspecified atom stereocenters. The number of hydrogen-bond acceptors (Lipinski definition) is 5. The van der Waals surface area contributed by atoms with Gasteiger partial charge in [0, 0.05) is 25.5 Å². The van der Waals surface area contributed by atoms with Gasteiger partial charge in [-0.3, -0.25) is 4.79 Å². The van der Waals surface area contributed by atoms with Crippen molar-refractivity contribution in [1.82, 2.24) is 9.97 Å². The van der Waals surface area contributed by atoms with Gasteiger partial charge in [-0.2, -0.15) is 0 Å². The van der Waals surface area contributed by atoms with E-state index in [-0.39, 0.29) is 6.10 Å². The monoisotopic (exact) mass is 207 g/mol. The molecule has 15 heavy (non-hydrogen) atoms. The lowest BCUT2D eigenvalue weighted by Gasteiger charge is -2.29. The van der Waals surface area contributed by atoms with E-state index in [9.17, 15) is 9.90 Å². The van der Waals surface area contributed by atoms with Crippen molar-refractivity contribution in [2.24, 2.45) is 0 Å². The van der Waals surface area contributed by atoms with Crippen molar-refractivity contribution >= 4 is 12.2 Å². The zero-order valence-corrected chi connectivity index (χ0v) is 8.33. The number of anilines is 1. The zero-order valence-electron chi connectivity index (χ0n) is 8.33. The van der Waals surface area contributed by atoms with E-state index in [1.807, 2.05) is 4.90 Å². The van der Waals surface area contributed by atoms with E-state index in [1.54, 1.807) is 0 Å². The molecule has 1 aliphatic rings. The minimum absolute atomic E-state index is 0.199. The number of carbonyl (C=O) groups excluding carboxylic acids is 1. The highest BCUT2D eigenvalue weighted by atomic mass is 16.3. The highest BCUT2D eigenvalue weighted by Gasteiger charge is 2.18. The largest absolute Gasteiger partial charge is 0.393 e. The Morgan fingerprint density at radius 1 is 1.33 bits per heavy atom. The standard InChI is InChI=1S/C10H13N3O2/c14-7-8-5-11-10(12-6-8)13-3-1-9(15)2-4-13/h5-7,9,15H,1-4H2. The average Bonchev–Trinajstić information content (AvgIpc) is 2.30. The molecule has 1 saturated heterocycles. The third-order valence-corrected chi connectivity index (χ3v) is 2.54. The van der Waals surface area contributed by atoms with Crippen LogP contribution in [0.3, 0.4) is 0 Å². The second-order valence-corrected chi connectivity index (χ2v) is 3.65. The molecule has 0 amide bonds. The van der Waals surface area contributed by atoms with Crippen LogP contribution in [0.15, 0.2) is 12.4 Å². The van der Waals surface area contributed by atoms with Crippen LogP contribution < -0.4 is 4.90 Å². The number of aldehydes is 1. The molecule has 1 N–H and O–H groups in total. The topological polar surface area (TPSA) is 66.3 Å². The van der Waals surface area contributed by atoms with E-state index in [2.05, 4.69) is 9.97 Å². The molecule has 0 radical (unpaired) electrons. The van der Waals surface area contributed by atoms with Crippen LogP contribution in [-0.2, 0) is 0 Å². The first-order valence-corrected chi connectivity index (χ1v) is 5.00. The lowest BCUT2D eigenvalue weighted by molar-refractivity contribution is 0.112. The molecule has 5 heteroatoms. The number of nitrogens with zero attached hydrogens (tertiary/aromatic N) is 3. The average molecular weight is 207 g/mol. The minimum Gasteiger partial charge on any atom is -0.393 e. The fourth-order valence-corrected chi connectivity index (χ4v) is 1.62. The number of aliphatic hydroxyl groups is 1. The number of rotatable bonds is 2. The molecular weight excluding hydrogens is 194 g/mol. The van der Waals surface area contributed by atoms with Crippen LogP contribution in [-0.4, -0.2) is 40.6 Å². The van der Waals surface area contributed by atoms with Crippen LogP contribution in [0.1, 0.15) is 23.2 Å². The molecule has 2 heterocycles. The first kappa shape index (κ1) is 10.0. The van der Waals surface area contributed by atoms with Crippen LogP contribution >= 0.6 is 0 Å². The van der Waals surface area contributed by atoms with Gasteiger partial charge >= 0.3 is 0 Å². The van der Waals surface area contributed by atoms with Crippen LogP contribution in [0.25, 0.3) is 0 Å². The van der Waals surface area contributed by atoms with Gasteiger partial charge in [-0.25, -0.2) is 9.97 Å². The quantitative estimate of drug-likeness (QED) is 0.704. The smallest absolute Gasteiger partial charge is 0.225 e. The molecule has 1 aliphatic heterocycles. The van der Waals surface area contributed by atoms with Crippen LogP contribution in [0, 0.1) is 0 Å². The van der Waals surface area contributed by atoms with E-state index in [0.717, 1.165) is 32.2 Å². The molecule has 0 saturated carbocycles. The highest BCUT2D eigenvalue weighted by molar-refractivity contribution is 5.73. The van der Waals surface area contributed by atoms with Crippen molar-refractivity contribution in [2.75, 3.05) is 18.0 Å². The second-order valence-electron chi connectivity index (χ2n) is 3.65. The molecular formula is C10H13N3O2. The molecule has 2 rings (SSSR count). The molecule has 0 bridgehead atoms. The lowest BCUT2D eigenvalue weighted by atomic mass is 10.1. The molecule has 0 aromatic carbocycles. The summed E-state index contributed by atoms with van der Waals surface area (Å²) in [5, 5.41) is 9.34. The summed E-state index contributed by atoms with van der Waals surface area (Å²) in [5.74, 6) is 0.632. The molecule has 5 nitrogen and oxygen atoms in total. The van der Waals surface area contributed by atoms with Gasteiger partial charge in [-0.15, -0.1) is 0 Å². The predicted octanol–water partition coefficient (Wildman–Crippen LogP) is 0.250. The summed E-state index contributed by atoms with van der Waals surface area (Å²) >= 11 is 0. The van der Waals surface area contributed by atoms with Crippen LogP contribution in [0.2, 0.25) is 0 Å². The number of carbonyl (C=O) groups is 1. The lowest BCUT2D eigenvalue weighted by Crippen LogP contribution is -2.36. The van der Waals surface area contributed by atoms with Gasteiger partial charge in [0.1, 0.15) is 0 Å². The van der Waals surface area contributed by atoms with Gasteiger partial charge in [0.15, 0.2) is 6.29 Å². The Hall–Kier alpha value is -1.49. The van der Waals surface area contributed by atoms with Crippen LogP contribution in [0.4, 0.5) is 5.95 Å². The molecule has 0 aliphatic carbocycles. The van der Waals surface area contributed by atoms with E-state index in [0.29, 0.717) is 11.5 Å². The third kappa shape index (κ3) is 2.30. The summed E-state index contributed by atoms with van der Waals surface area (Å²) in [7, 11) is 0. The number of piperidine rings is 1. The van der Waals surface area contributed by atoms with Crippen molar-refractivity contribution in [3.63, 3.8) is 0 Å². The summed E-state index contributed by atoms with van der Waals surface area (Å²) in [5.41, 5.74) is 0.482. The number of aliphatic hydroxyl groups excluding tert-OH is 1. The van der Waals surface area contributed by atoms with Gasteiger partial charge in [0.05, 0.1) is 11.7 Å². The number of aromatic nitrogens is 2. The maximum absolute atomic E-state index is 10.4. The first-order chi connectivity index (χ1) is 7.29. The Labute approximate surface area is 87.8 Å². The first-order valence-electron chi connectivity index (χ1n) is 5.00. The fraction of sp³-hybridized carbons (Fsp3) is 0.500. The SMILES string of the molecule is O=Cc1cnc(N2CCC(O)CC2)nc1. The van der Waals surface area contributed by atoms with Gasteiger partial charge in [-0.05, 0) is 12.8 Å². The van der Waals surface area contributed by atoms with Gasteiger partial charge < -0.3 is 10.0 Å². The van der Waals surface area contributed by atoms with Crippen molar-refractivity contribution in [3.05, 3.63) is 18.0 Å². The maximum atomic E-state index is 10.4. The molecule has 1 aromatic heterocycles. The Balaban J connectivity index is 2.06. The third-order valence-electron chi connectivity index (χ3n) is 2.54. The predicted molar refractivity (Wildman–Crippen MR) is 54.9 cm³/mol. The molecule has 1 aromatic rings. The number of hydrogen-bond donors (Lipinski definition) is 1. The molecule has 0 atom stereocenters. The van der Waals surface area contributed by atoms with Crippen molar-refractivity contribution in [2.45, 2.75) is 18.9 Å². The summed E-state index contributed by atoms with van der Waals surface area (Å²) in [6.07, 6.45) is 5.05. The Morgan fingerprint density at radius 2 is 1.93 bits per heavy atom. The highest BCUT2D eigenvalue weighted by Crippen LogP contribution is 2.15. The molecule has 80 valence electrons. The van der Waals surface area contributed by atoms with E-state index in [4.69, 9.17) is 0 Å². The summed E-state index contributed by atoms with van der Waals surface area (Å²) in [6.45, 7) is 1.53. The van der Waals surface area contributed by atoms with Crippen molar-refractivity contribution < 1.29 is 9.90 Å². The van der Waals surface area contributed by atoms with E-state index in [1.165, 1.54) is 12.4 Å². The summed E-state index contributed by atoms with van der Waals surface area (Å²) in [6, 6.07) is 0. The van der Waals surface area contributed by atoms with Crippen LogP contribution in [0.5, 0.6) is 0 Å². The fourth-order valence-electron chi connectivity index (χ4n) is 1.62. The maximum Gasteiger partial charge on any atom is 0.225 e. The molecule has 0 spiro atoms. The summed E-state index contributed by atoms with van der Waals surface area (Å²) in [4.78, 5) is 20.6. The molecule has 1 fully saturated rings. The van der Waals surface area contributed by atoms with Gasteiger partial charge in [0.25, 0.3) is 0 Å². The normalized spacial score (nSPS) is 17.8. The van der Waals surface area contributed by atoms with Gasteiger partial charge in [0.2, 0.25) is 5.95 Å². The Morgan fingerprint density at radius 3 is 2.47 bits per heavy atom. The summed E-state index contributed by atoms with van der Waals surface area (Å²) < 4.78 is 0. The Kier molecular flexibility index (Phi) is 2.91. The van der Waals surface area contributed by atoms with E-state index < -0.39 is 0 Å². The van der Waals surface area contributed by atoms with E-state index >= 15 is 0 Å². The van der Waals surface area contributed by atoms with Crippen molar-refractivity contribution in [1.29, 1.82) is 0 Å².